The number of hydrogen-bond donors (Lipinski definition) is 1. The maximum Gasteiger partial charge on any atom is 0.244 e. The van der Waals surface area contributed by atoms with Crippen LogP contribution >= 0.6 is 11.6 Å². The Balaban J connectivity index is 3.28. The lowest BCUT2D eigenvalue weighted by atomic mass is 10.1. The highest BCUT2D eigenvalue weighted by Gasteiger charge is 2.30. The van der Waals surface area contributed by atoms with Gasteiger partial charge in [0.15, 0.2) is 0 Å². The molecular formula is C14H24ClN3O2S. The van der Waals surface area contributed by atoms with Gasteiger partial charge >= 0.3 is 0 Å². The molecule has 7 heteroatoms. The van der Waals surface area contributed by atoms with Crippen molar-refractivity contribution in [3.8, 4) is 0 Å². The summed E-state index contributed by atoms with van der Waals surface area (Å²) in [6.45, 7) is 8.45. The number of anilines is 1. The summed E-state index contributed by atoms with van der Waals surface area (Å²) in [6, 6.07) is 1.34. The van der Waals surface area contributed by atoms with Gasteiger partial charge in [-0.15, -0.1) is 0 Å². The van der Waals surface area contributed by atoms with E-state index >= 15 is 0 Å². The molecule has 0 saturated heterocycles. The molecule has 0 fully saturated rings. The van der Waals surface area contributed by atoms with Gasteiger partial charge in [0, 0.05) is 18.8 Å². The van der Waals surface area contributed by atoms with Gasteiger partial charge < -0.3 is 5.73 Å². The number of pyridine rings is 1. The molecule has 120 valence electrons. The van der Waals surface area contributed by atoms with Gasteiger partial charge in [0.1, 0.15) is 10.7 Å². The molecule has 0 amide bonds. The topological polar surface area (TPSA) is 76.3 Å². The van der Waals surface area contributed by atoms with Gasteiger partial charge in [0.25, 0.3) is 0 Å². The number of rotatable bonds is 7. The Bertz CT molecular complexity index is 572. The van der Waals surface area contributed by atoms with E-state index in [1.54, 1.807) is 4.31 Å². The van der Waals surface area contributed by atoms with Crippen molar-refractivity contribution in [2.24, 2.45) is 5.92 Å². The molecule has 1 aromatic heterocycles. The number of aromatic nitrogens is 1. The molecule has 0 radical (unpaired) electrons. The van der Waals surface area contributed by atoms with Gasteiger partial charge in [0.2, 0.25) is 10.0 Å². The highest BCUT2D eigenvalue weighted by molar-refractivity contribution is 7.89. The third-order valence-electron chi connectivity index (χ3n) is 3.35. The van der Waals surface area contributed by atoms with Crippen LogP contribution in [0.15, 0.2) is 17.2 Å². The van der Waals surface area contributed by atoms with Gasteiger partial charge in [-0.25, -0.2) is 13.4 Å². The maximum atomic E-state index is 12.9. The molecule has 0 aliphatic heterocycles. The van der Waals surface area contributed by atoms with E-state index < -0.39 is 10.0 Å². The SMILES string of the molecule is CCC(CC)N(CC(C)C)S(=O)(=O)c1cnc(N)c(Cl)c1. The molecule has 21 heavy (non-hydrogen) atoms. The third kappa shape index (κ3) is 4.31. The van der Waals surface area contributed by atoms with Crippen molar-refractivity contribution in [1.82, 2.24) is 9.29 Å². The smallest absolute Gasteiger partial charge is 0.244 e. The van der Waals surface area contributed by atoms with Crippen LogP contribution in [0.1, 0.15) is 40.5 Å². The van der Waals surface area contributed by atoms with Gasteiger partial charge in [-0.2, -0.15) is 4.31 Å². The zero-order chi connectivity index (χ0) is 16.2. The van der Waals surface area contributed by atoms with Crippen LogP contribution < -0.4 is 5.73 Å². The Morgan fingerprint density at radius 3 is 2.33 bits per heavy atom. The second kappa shape index (κ2) is 7.42. The fraction of sp³-hybridized carbons (Fsp3) is 0.643. The monoisotopic (exact) mass is 333 g/mol. The zero-order valence-corrected chi connectivity index (χ0v) is 14.6. The second-order valence-corrected chi connectivity index (χ2v) is 7.77. The van der Waals surface area contributed by atoms with Crippen molar-refractivity contribution in [2.75, 3.05) is 12.3 Å². The fourth-order valence-electron chi connectivity index (χ4n) is 2.21. The van der Waals surface area contributed by atoms with Gasteiger partial charge in [0.05, 0.1) is 5.02 Å². The predicted octanol–water partition coefficient (Wildman–Crippen LogP) is 3.15. The first-order chi connectivity index (χ1) is 9.73. The van der Waals surface area contributed by atoms with Crippen LogP contribution in [0, 0.1) is 5.92 Å². The minimum atomic E-state index is -3.63. The molecule has 0 saturated carbocycles. The first-order valence-corrected chi connectivity index (χ1v) is 8.98. The largest absolute Gasteiger partial charge is 0.382 e. The molecule has 0 aromatic carbocycles. The van der Waals surface area contributed by atoms with E-state index in [9.17, 15) is 8.42 Å². The number of nitrogen functional groups attached to an aromatic ring is 1. The van der Waals surface area contributed by atoms with E-state index in [4.69, 9.17) is 17.3 Å². The van der Waals surface area contributed by atoms with E-state index in [0.29, 0.717) is 6.54 Å². The molecule has 0 aliphatic rings. The summed E-state index contributed by atoms with van der Waals surface area (Å²) < 4.78 is 27.3. The predicted molar refractivity (Wildman–Crippen MR) is 86.8 cm³/mol. The Hall–Kier alpha value is -0.850. The molecular weight excluding hydrogens is 310 g/mol. The van der Waals surface area contributed by atoms with Crippen LogP contribution in [0.25, 0.3) is 0 Å². The normalized spacial score (nSPS) is 12.6. The van der Waals surface area contributed by atoms with Crippen LogP contribution in [-0.2, 0) is 10.0 Å². The molecule has 0 aliphatic carbocycles. The van der Waals surface area contributed by atoms with Crippen molar-refractivity contribution >= 4 is 27.4 Å². The van der Waals surface area contributed by atoms with Crippen LogP contribution in [0.2, 0.25) is 5.02 Å². The van der Waals surface area contributed by atoms with E-state index in [0.717, 1.165) is 12.8 Å². The number of halogens is 1. The first-order valence-electron chi connectivity index (χ1n) is 7.16. The fourth-order valence-corrected chi connectivity index (χ4v) is 4.35. The highest BCUT2D eigenvalue weighted by atomic mass is 35.5. The summed E-state index contributed by atoms with van der Waals surface area (Å²) in [5.41, 5.74) is 5.55. The van der Waals surface area contributed by atoms with Crippen LogP contribution in [0.5, 0.6) is 0 Å². The van der Waals surface area contributed by atoms with Crippen molar-refractivity contribution in [3.05, 3.63) is 17.3 Å². The summed E-state index contributed by atoms with van der Waals surface area (Å²) in [7, 11) is -3.63. The third-order valence-corrected chi connectivity index (χ3v) is 5.53. The molecule has 5 nitrogen and oxygen atoms in total. The Morgan fingerprint density at radius 1 is 1.33 bits per heavy atom. The summed E-state index contributed by atoms with van der Waals surface area (Å²) >= 11 is 5.91. The van der Waals surface area contributed by atoms with E-state index in [-0.39, 0.29) is 27.7 Å². The number of sulfonamides is 1. The lowest BCUT2D eigenvalue weighted by Gasteiger charge is -2.31. The minimum Gasteiger partial charge on any atom is -0.382 e. The average Bonchev–Trinajstić information content (AvgIpc) is 2.41. The molecule has 2 N–H and O–H groups in total. The molecule has 1 heterocycles. The number of nitrogens with two attached hydrogens (primary N) is 1. The van der Waals surface area contributed by atoms with Crippen LogP contribution in [-0.4, -0.2) is 30.3 Å². The molecule has 1 aromatic rings. The standard InChI is InChI=1S/C14H24ClN3O2S/c1-5-11(6-2)18(9-10(3)4)21(19,20)12-7-13(15)14(16)17-8-12/h7-8,10-11H,5-6,9H2,1-4H3,(H2,16,17). The quantitative estimate of drug-likeness (QED) is 0.831. The summed E-state index contributed by atoms with van der Waals surface area (Å²) in [6.07, 6.45) is 2.80. The van der Waals surface area contributed by atoms with Crippen molar-refractivity contribution in [3.63, 3.8) is 0 Å². The number of hydrogen-bond acceptors (Lipinski definition) is 4. The highest BCUT2D eigenvalue weighted by Crippen LogP contribution is 2.26. The van der Waals surface area contributed by atoms with Crippen LogP contribution in [0.3, 0.4) is 0 Å². The lowest BCUT2D eigenvalue weighted by molar-refractivity contribution is 0.277. The van der Waals surface area contributed by atoms with Gasteiger partial charge in [-0.05, 0) is 24.8 Å². The zero-order valence-electron chi connectivity index (χ0n) is 13.0. The molecule has 0 spiro atoms. The van der Waals surface area contributed by atoms with E-state index in [2.05, 4.69) is 4.98 Å². The second-order valence-electron chi connectivity index (χ2n) is 5.48. The molecule has 0 atom stereocenters. The van der Waals surface area contributed by atoms with Crippen LogP contribution in [0.4, 0.5) is 5.82 Å². The Morgan fingerprint density at radius 2 is 1.90 bits per heavy atom. The van der Waals surface area contributed by atoms with Gasteiger partial charge in [-0.3, -0.25) is 0 Å². The summed E-state index contributed by atoms with van der Waals surface area (Å²) in [5, 5.41) is 0.158. The summed E-state index contributed by atoms with van der Waals surface area (Å²) in [4.78, 5) is 3.95. The van der Waals surface area contributed by atoms with Crippen molar-refractivity contribution in [2.45, 2.75) is 51.5 Å². The minimum absolute atomic E-state index is 0.0336. The number of nitrogens with zero attached hydrogens (tertiary/aromatic N) is 2. The first kappa shape index (κ1) is 18.2. The lowest BCUT2D eigenvalue weighted by Crippen LogP contribution is -2.42. The van der Waals surface area contributed by atoms with Gasteiger partial charge in [-0.1, -0.05) is 39.3 Å². The molecule has 1 rings (SSSR count). The Labute approximate surface area is 132 Å². The van der Waals surface area contributed by atoms with Crippen molar-refractivity contribution in [1.29, 1.82) is 0 Å². The maximum absolute atomic E-state index is 12.9. The van der Waals surface area contributed by atoms with E-state index in [1.807, 2.05) is 27.7 Å². The molecule has 0 bridgehead atoms. The van der Waals surface area contributed by atoms with Crippen molar-refractivity contribution < 1.29 is 8.42 Å². The summed E-state index contributed by atoms with van der Waals surface area (Å²) in [5.74, 6) is 0.367. The average molecular weight is 334 g/mol. The molecule has 0 unspecified atom stereocenters. The van der Waals surface area contributed by atoms with E-state index in [1.165, 1.54) is 12.3 Å². The Kier molecular flexibility index (Phi) is 6.43.